The second-order valence-corrected chi connectivity index (χ2v) is 3.96. The Morgan fingerprint density at radius 1 is 1.24 bits per heavy atom. The first-order chi connectivity index (χ1) is 9.77. The topological polar surface area (TPSA) is 91.3 Å². The number of benzene rings is 1. The molecule has 2 rings (SSSR count). The fourth-order valence-corrected chi connectivity index (χ4v) is 1.49. The van der Waals surface area contributed by atoms with Crippen molar-refractivity contribution in [1.82, 2.24) is 4.98 Å². The molecule has 6 nitrogen and oxygen atoms in total. The van der Waals surface area contributed by atoms with Crippen molar-refractivity contribution in [2.75, 3.05) is 5.73 Å². The van der Waals surface area contributed by atoms with Crippen LogP contribution >= 0.6 is 0 Å². The van der Waals surface area contributed by atoms with Crippen LogP contribution in [0.15, 0.2) is 36.5 Å². The summed E-state index contributed by atoms with van der Waals surface area (Å²) in [6.45, 7) is 0. The van der Waals surface area contributed by atoms with Gasteiger partial charge in [0.15, 0.2) is 0 Å². The number of alkyl halides is 3. The molecule has 0 saturated carbocycles. The predicted octanol–water partition coefficient (Wildman–Crippen LogP) is 3.38. The molecule has 0 amide bonds. The molecule has 2 N–H and O–H groups in total. The third-order valence-electron chi connectivity index (χ3n) is 2.48. The van der Waals surface area contributed by atoms with Gasteiger partial charge in [-0.3, -0.25) is 10.1 Å². The Labute approximate surface area is 116 Å². The standard InChI is InChI=1S/C12H8F3N3O3/c13-12(14,15)7-1-4-11(17-6-7)21-8-2-3-10(18(19)20)9(16)5-8/h1-6H,16H2. The molecule has 0 radical (unpaired) electrons. The molecule has 0 spiro atoms. The molecule has 1 aromatic carbocycles. The monoisotopic (exact) mass is 299 g/mol. The van der Waals surface area contributed by atoms with Crippen LogP contribution in [-0.4, -0.2) is 9.91 Å². The van der Waals surface area contributed by atoms with Crippen molar-refractivity contribution in [1.29, 1.82) is 0 Å². The van der Waals surface area contributed by atoms with Gasteiger partial charge in [-0.2, -0.15) is 13.2 Å². The number of ether oxygens (including phenoxy) is 1. The Balaban J connectivity index is 2.19. The largest absolute Gasteiger partial charge is 0.439 e. The van der Waals surface area contributed by atoms with E-state index in [0.717, 1.165) is 18.2 Å². The number of halogens is 3. The van der Waals surface area contributed by atoms with Gasteiger partial charge in [-0.15, -0.1) is 0 Å². The number of nitrogens with zero attached hydrogens (tertiary/aromatic N) is 2. The predicted molar refractivity (Wildman–Crippen MR) is 66.8 cm³/mol. The van der Waals surface area contributed by atoms with Crippen LogP contribution in [0.4, 0.5) is 24.5 Å². The molecule has 1 aromatic heterocycles. The van der Waals surface area contributed by atoms with E-state index in [0.29, 0.717) is 6.20 Å². The maximum Gasteiger partial charge on any atom is 0.417 e. The molecule has 9 heteroatoms. The summed E-state index contributed by atoms with van der Waals surface area (Å²) in [7, 11) is 0. The number of hydrogen-bond acceptors (Lipinski definition) is 5. The minimum Gasteiger partial charge on any atom is -0.439 e. The Morgan fingerprint density at radius 2 is 1.95 bits per heavy atom. The van der Waals surface area contributed by atoms with Gasteiger partial charge in [-0.05, 0) is 12.1 Å². The van der Waals surface area contributed by atoms with Gasteiger partial charge in [0.1, 0.15) is 11.4 Å². The zero-order valence-electron chi connectivity index (χ0n) is 10.3. The molecule has 0 aliphatic rings. The maximum atomic E-state index is 12.4. The van der Waals surface area contributed by atoms with Crippen LogP contribution in [0.2, 0.25) is 0 Å². The van der Waals surface area contributed by atoms with Crippen LogP contribution in [0.1, 0.15) is 5.56 Å². The van der Waals surface area contributed by atoms with Gasteiger partial charge in [-0.25, -0.2) is 4.98 Å². The van der Waals surface area contributed by atoms with Crippen molar-refractivity contribution in [3.05, 3.63) is 52.2 Å². The van der Waals surface area contributed by atoms with Crippen LogP contribution in [-0.2, 0) is 6.18 Å². The van der Waals surface area contributed by atoms with Crippen molar-refractivity contribution >= 4 is 11.4 Å². The molecule has 0 aliphatic heterocycles. The summed E-state index contributed by atoms with van der Waals surface area (Å²) in [5.41, 5.74) is 4.15. The van der Waals surface area contributed by atoms with E-state index in [1.54, 1.807) is 0 Å². The second kappa shape index (κ2) is 5.27. The number of pyridine rings is 1. The number of anilines is 1. The van der Waals surface area contributed by atoms with Crippen molar-refractivity contribution in [3.8, 4) is 11.6 Å². The Morgan fingerprint density at radius 3 is 2.43 bits per heavy atom. The normalized spacial score (nSPS) is 11.2. The fraction of sp³-hybridized carbons (Fsp3) is 0.0833. The van der Waals surface area contributed by atoms with E-state index in [4.69, 9.17) is 10.5 Å². The quantitative estimate of drug-likeness (QED) is 0.533. The Kier molecular flexibility index (Phi) is 3.66. The lowest BCUT2D eigenvalue weighted by molar-refractivity contribution is -0.383. The van der Waals surface area contributed by atoms with Gasteiger partial charge in [0, 0.05) is 24.4 Å². The van der Waals surface area contributed by atoms with Gasteiger partial charge >= 0.3 is 6.18 Å². The second-order valence-electron chi connectivity index (χ2n) is 3.96. The average molecular weight is 299 g/mol. The van der Waals surface area contributed by atoms with Crippen molar-refractivity contribution in [2.24, 2.45) is 0 Å². The first-order valence-electron chi connectivity index (χ1n) is 5.52. The number of nitro benzene ring substituents is 1. The lowest BCUT2D eigenvalue weighted by Gasteiger charge is -2.08. The van der Waals surface area contributed by atoms with E-state index < -0.39 is 16.7 Å². The third kappa shape index (κ3) is 3.38. The van der Waals surface area contributed by atoms with Crippen molar-refractivity contribution in [2.45, 2.75) is 6.18 Å². The minimum atomic E-state index is -4.48. The highest BCUT2D eigenvalue weighted by Crippen LogP contribution is 2.31. The molecule has 110 valence electrons. The van der Waals surface area contributed by atoms with E-state index in [9.17, 15) is 23.3 Å². The first kappa shape index (κ1) is 14.6. The zero-order chi connectivity index (χ0) is 15.6. The molecule has 2 aromatic rings. The smallest absolute Gasteiger partial charge is 0.417 e. The lowest BCUT2D eigenvalue weighted by atomic mass is 10.2. The van der Waals surface area contributed by atoms with E-state index >= 15 is 0 Å². The van der Waals surface area contributed by atoms with E-state index in [2.05, 4.69) is 4.98 Å². The number of hydrogen-bond donors (Lipinski definition) is 1. The number of nitrogen functional groups attached to an aromatic ring is 1. The van der Waals surface area contributed by atoms with Gasteiger partial charge in [0.05, 0.1) is 10.5 Å². The Bertz CT molecular complexity index is 672. The summed E-state index contributed by atoms with van der Waals surface area (Å²) < 4.78 is 42.3. The highest BCUT2D eigenvalue weighted by atomic mass is 19.4. The van der Waals surface area contributed by atoms with Crippen LogP contribution in [0.5, 0.6) is 11.6 Å². The molecule has 0 saturated heterocycles. The molecule has 0 aliphatic carbocycles. The molecule has 1 heterocycles. The number of aromatic nitrogens is 1. The van der Waals surface area contributed by atoms with E-state index in [-0.39, 0.29) is 23.0 Å². The van der Waals surface area contributed by atoms with Crippen LogP contribution in [0.25, 0.3) is 0 Å². The van der Waals surface area contributed by atoms with Gasteiger partial charge in [-0.1, -0.05) is 0 Å². The highest BCUT2D eigenvalue weighted by molar-refractivity contribution is 5.61. The van der Waals surface area contributed by atoms with Crippen LogP contribution < -0.4 is 10.5 Å². The summed E-state index contributed by atoms with van der Waals surface area (Å²) >= 11 is 0. The van der Waals surface area contributed by atoms with Crippen molar-refractivity contribution < 1.29 is 22.8 Å². The number of rotatable bonds is 3. The number of nitrogens with two attached hydrogens (primary N) is 1. The molecular weight excluding hydrogens is 291 g/mol. The third-order valence-corrected chi connectivity index (χ3v) is 2.48. The molecule has 0 fully saturated rings. The first-order valence-corrected chi connectivity index (χ1v) is 5.52. The van der Waals surface area contributed by atoms with Gasteiger partial charge in [0.2, 0.25) is 5.88 Å². The zero-order valence-corrected chi connectivity index (χ0v) is 10.3. The lowest BCUT2D eigenvalue weighted by Crippen LogP contribution is -2.05. The Hall–Kier alpha value is -2.84. The summed E-state index contributed by atoms with van der Waals surface area (Å²) in [5.74, 6) is 0.0432. The summed E-state index contributed by atoms with van der Waals surface area (Å²) in [4.78, 5) is 13.4. The van der Waals surface area contributed by atoms with Gasteiger partial charge in [0.25, 0.3) is 5.69 Å². The SMILES string of the molecule is Nc1cc(Oc2ccc(C(F)(F)F)cn2)ccc1[N+](=O)[O-]. The molecule has 0 unspecified atom stereocenters. The molecule has 0 atom stereocenters. The molecule has 21 heavy (non-hydrogen) atoms. The van der Waals surface area contributed by atoms with Crippen LogP contribution in [0, 0.1) is 10.1 Å². The summed E-state index contributed by atoms with van der Waals surface area (Å²) in [6.07, 6.45) is -3.85. The maximum absolute atomic E-state index is 12.4. The summed E-state index contributed by atoms with van der Waals surface area (Å²) in [5, 5.41) is 10.6. The van der Waals surface area contributed by atoms with Gasteiger partial charge < -0.3 is 10.5 Å². The van der Waals surface area contributed by atoms with Crippen molar-refractivity contribution in [3.63, 3.8) is 0 Å². The average Bonchev–Trinajstić information content (AvgIpc) is 2.38. The molecular formula is C12H8F3N3O3. The van der Waals surface area contributed by atoms with E-state index in [1.807, 2.05) is 0 Å². The van der Waals surface area contributed by atoms with Crippen LogP contribution in [0.3, 0.4) is 0 Å². The minimum absolute atomic E-state index is 0.0868. The van der Waals surface area contributed by atoms with E-state index in [1.165, 1.54) is 12.1 Å². The summed E-state index contributed by atoms with van der Waals surface area (Å²) in [6, 6.07) is 5.46. The highest BCUT2D eigenvalue weighted by Gasteiger charge is 2.30. The fourth-order valence-electron chi connectivity index (χ4n) is 1.49. The molecule has 0 bridgehead atoms. The number of nitro groups is 1.